The second kappa shape index (κ2) is 4.30. The fourth-order valence-corrected chi connectivity index (χ4v) is 1.50. The van der Waals surface area contributed by atoms with Crippen LogP contribution in [0.15, 0.2) is 18.2 Å². The van der Waals surface area contributed by atoms with Crippen LogP contribution in [0, 0.1) is 0 Å². The van der Waals surface area contributed by atoms with Gasteiger partial charge < -0.3 is 5.11 Å². The molecule has 0 bridgehead atoms. The van der Waals surface area contributed by atoms with Gasteiger partial charge in [-0.3, -0.25) is 0 Å². The van der Waals surface area contributed by atoms with Gasteiger partial charge >= 0.3 is 0 Å². The number of nitrogens with zero attached hydrogens (tertiary/aromatic N) is 1. The van der Waals surface area contributed by atoms with E-state index in [2.05, 4.69) is 22.9 Å². The highest BCUT2D eigenvalue weighted by Gasteiger charge is 2.02. The van der Waals surface area contributed by atoms with Crippen molar-refractivity contribution in [2.75, 3.05) is 7.05 Å². The number of phenolic OH excluding ortho intramolecular Hbond substituents is 1. The third kappa shape index (κ3) is 2.80. The molecule has 1 aromatic rings. The molecule has 4 heteroatoms. The van der Waals surface area contributed by atoms with Gasteiger partial charge in [0.05, 0.1) is 0 Å². The summed E-state index contributed by atoms with van der Waals surface area (Å²) in [6.07, 6.45) is 0. The summed E-state index contributed by atoms with van der Waals surface area (Å²) in [7, 11) is 1.96. The van der Waals surface area contributed by atoms with E-state index in [1.807, 2.05) is 16.2 Å². The monoisotopic (exact) mass is 297 g/mol. The molecular weight excluding hydrogens is 288 g/mol. The second-order valence-corrected chi connectivity index (χ2v) is 4.59. The van der Waals surface area contributed by atoms with Crippen LogP contribution in [0.25, 0.3) is 0 Å². The van der Waals surface area contributed by atoms with Crippen molar-refractivity contribution < 1.29 is 5.11 Å². The van der Waals surface area contributed by atoms with Gasteiger partial charge in [-0.05, 0) is 24.7 Å². The summed E-state index contributed by atoms with van der Waals surface area (Å²) in [6, 6.07) is 5.02. The lowest BCUT2D eigenvalue weighted by Gasteiger charge is -2.08. The molecule has 1 N–H and O–H groups in total. The molecule has 0 saturated heterocycles. The van der Waals surface area contributed by atoms with E-state index in [1.54, 1.807) is 12.1 Å². The van der Waals surface area contributed by atoms with Crippen molar-refractivity contribution >= 4 is 34.5 Å². The molecule has 1 rings (SSSR count). The predicted octanol–water partition coefficient (Wildman–Crippen LogP) is 2.83. The first-order chi connectivity index (χ1) is 5.59. The van der Waals surface area contributed by atoms with E-state index in [0.717, 1.165) is 12.1 Å². The fourth-order valence-electron chi connectivity index (χ4n) is 0.899. The summed E-state index contributed by atoms with van der Waals surface area (Å²) < 4.78 is 2.00. The first-order valence-corrected chi connectivity index (χ1v) is 4.78. The van der Waals surface area contributed by atoms with Gasteiger partial charge in [-0.25, -0.2) is 3.11 Å². The molecule has 0 radical (unpaired) electrons. The summed E-state index contributed by atoms with van der Waals surface area (Å²) in [5, 5.41) is 9.68. The molecule has 2 nitrogen and oxygen atoms in total. The van der Waals surface area contributed by atoms with Gasteiger partial charge in [0.2, 0.25) is 0 Å². The molecule has 0 heterocycles. The summed E-state index contributed by atoms with van der Waals surface area (Å²) in [5.41, 5.74) is 1.02. The molecule has 66 valence electrons. The molecule has 0 fully saturated rings. The van der Waals surface area contributed by atoms with Gasteiger partial charge in [0.1, 0.15) is 5.75 Å². The lowest BCUT2D eigenvalue weighted by Crippen LogP contribution is -2.03. The minimum Gasteiger partial charge on any atom is -0.508 e. The van der Waals surface area contributed by atoms with Gasteiger partial charge in [-0.2, -0.15) is 0 Å². The average molecular weight is 298 g/mol. The van der Waals surface area contributed by atoms with E-state index in [9.17, 15) is 0 Å². The Morgan fingerprint density at radius 2 is 2.25 bits per heavy atom. The lowest BCUT2D eigenvalue weighted by atomic mass is 10.2. The van der Waals surface area contributed by atoms with Crippen LogP contribution < -0.4 is 0 Å². The van der Waals surface area contributed by atoms with Crippen LogP contribution in [0.4, 0.5) is 0 Å². The zero-order chi connectivity index (χ0) is 9.14. The quantitative estimate of drug-likeness (QED) is 0.670. The third-order valence-corrected chi connectivity index (χ3v) is 2.12. The van der Waals surface area contributed by atoms with Crippen LogP contribution in [-0.4, -0.2) is 15.3 Å². The molecule has 12 heavy (non-hydrogen) atoms. The molecule has 0 aliphatic carbocycles. The van der Waals surface area contributed by atoms with E-state index in [-0.39, 0.29) is 5.75 Å². The largest absolute Gasteiger partial charge is 0.508 e. The van der Waals surface area contributed by atoms with E-state index in [1.165, 1.54) is 0 Å². The summed E-state index contributed by atoms with van der Waals surface area (Å²) in [5.74, 6) is 0.208. The second-order valence-electron chi connectivity index (χ2n) is 2.54. The van der Waals surface area contributed by atoms with Crippen LogP contribution in [0.3, 0.4) is 0 Å². The van der Waals surface area contributed by atoms with Crippen molar-refractivity contribution in [1.82, 2.24) is 3.11 Å². The first-order valence-electron chi connectivity index (χ1n) is 3.44. The molecule has 0 aliphatic rings. The van der Waals surface area contributed by atoms with Crippen LogP contribution >= 0.6 is 34.5 Å². The number of rotatable bonds is 2. The molecule has 0 unspecified atom stereocenters. The highest BCUT2D eigenvalue weighted by Crippen LogP contribution is 2.22. The van der Waals surface area contributed by atoms with Crippen LogP contribution in [0.2, 0.25) is 5.02 Å². The van der Waals surface area contributed by atoms with Crippen LogP contribution in [-0.2, 0) is 6.54 Å². The standard InChI is InChI=1S/C8H9ClINO/c1-11(10)5-6-2-3-7(12)4-8(6)9/h2-4,12H,5H2,1H3. The Morgan fingerprint density at radius 3 is 2.75 bits per heavy atom. The van der Waals surface area contributed by atoms with Gasteiger partial charge in [-0.15, -0.1) is 0 Å². The highest BCUT2D eigenvalue weighted by atomic mass is 127. The Labute approximate surface area is 90.6 Å². The lowest BCUT2D eigenvalue weighted by molar-refractivity contribution is 0.474. The van der Waals surface area contributed by atoms with Gasteiger partial charge in [0.25, 0.3) is 0 Å². The number of benzene rings is 1. The molecule has 0 aliphatic heterocycles. The Bertz CT molecular complexity index is 278. The molecule has 0 saturated carbocycles. The number of phenols is 1. The number of aromatic hydroxyl groups is 1. The van der Waals surface area contributed by atoms with Crippen molar-refractivity contribution in [2.24, 2.45) is 0 Å². The van der Waals surface area contributed by atoms with Crippen molar-refractivity contribution in [3.8, 4) is 5.75 Å². The molecular formula is C8H9ClINO. The minimum absolute atomic E-state index is 0.208. The SMILES string of the molecule is CN(I)Cc1ccc(O)cc1Cl. The van der Waals surface area contributed by atoms with E-state index in [4.69, 9.17) is 16.7 Å². The average Bonchev–Trinajstić information content (AvgIpc) is 1.94. The highest BCUT2D eigenvalue weighted by molar-refractivity contribution is 14.1. The zero-order valence-corrected chi connectivity index (χ0v) is 9.50. The Morgan fingerprint density at radius 1 is 1.58 bits per heavy atom. The maximum atomic E-state index is 9.07. The maximum Gasteiger partial charge on any atom is 0.117 e. The van der Waals surface area contributed by atoms with Crippen molar-refractivity contribution in [2.45, 2.75) is 6.54 Å². The summed E-state index contributed by atoms with van der Waals surface area (Å²) >= 11 is 8.07. The zero-order valence-electron chi connectivity index (χ0n) is 6.59. The maximum absolute atomic E-state index is 9.07. The van der Waals surface area contributed by atoms with Crippen LogP contribution in [0.1, 0.15) is 5.56 Å². The van der Waals surface area contributed by atoms with Crippen LogP contribution in [0.5, 0.6) is 5.75 Å². The van der Waals surface area contributed by atoms with Gasteiger partial charge in [-0.1, -0.05) is 17.7 Å². The van der Waals surface area contributed by atoms with Crippen molar-refractivity contribution in [3.05, 3.63) is 28.8 Å². The first kappa shape index (κ1) is 10.1. The summed E-state index contributed by atoms with van der Waals surface area (Å²) in [6.45, 7) is 0.777. The third-order valence-electron chi connectivity index (χ3n) is 1.42. The summed E-state index contributed by atoms with van der Waals surface area (Å²) in [4.78, 5) is 0. The van der Waals surface area contributed by atoms with Crippen molar-refractivity contribution in [1.29, 1.82) is 0 Å². The van der Waals surface area contributed by atoms with Crippen molar-refractivity contribution in [3.63, 3.8) is 0 Å². The van der Waals surface area contributed by atoms with Gasteiger partial charge in [0, 0.05) is 34.4 Å². The predicted molar refractivity (Wildman–Crippen MR) is 58.6 cm³/mol. The Balaban J connectivity index is 2.86. The normalized spacial score (nSPS) is 10.7. The molecule has 0 atom stereocenters. The minimum atomic E-state index is 0.208. The Hall–Kier alpha value is -0.000000000000000111. The van der Waals surface area contributed by atoms with E-state index < -0.39 is 0 Å². The number of hydrogen-bond acceptors (Lipinski definition) is 2. The number of halogens is 2. The van der Waals surface area contributed by atoms with E-state index >= 15 is 0 Å². The Kier molecular flexibility index (Phi) is 3.61. The number of hydrogen-bond donors (Lipinski definition) is 1. The molecule has 0 amide bonds. The fraction of sp³-hybridized carbons (Fsp3) is 0.250. The molecule has 1 aromatic carbocycles. The van der Waals surface area contributed by atoms with E-state index in [0.29, 0.717) is 5.02 Å². The topological polar surface area (TPSA) is 23.5 Å². The smallest absolute Gasteiger partial charge is 0.117 e. The van der Waals surface area contributed by atoms with Gasteiger partial charge in [0.15, 0.2) is 0 Å². The molecule has 0 spiro atoms. The molecule has 0 aromatic heterocycles.